The fraction of sp³-hybridized carbons (Fsp3) is 0.643. The topological polar surface area (TPSA) is 37.3 Å². The van der Waals surface area contributed by atoms with E-state index in [1.54, 1.807) is 6.08 Å². The Morgan fingerprint density at radius 1 is 1.31 bits per heavy atom. The van der Waals surface area contributed by atoms with Crippen molar-refractivity contribution in [2.75, 3.05) is 0 Å². The molecule has 1 unspecified atom stereocenters. The Balaban J connectivity index is 3.23. The summed E-state index contributed by atoms with van der Waals surface area (Å²) in [5, 5.41) is 8.59. The number of rotatable bonds is 10. The Morgan fingerprint density at radius 3 is 2.62 bits per heavy atom. The van der Waals surface area contributed by atoms with Gasteiger partial charge in [0.2, 0.25) is 0 Å². The molecule has 0 aromatic carbocycles. The second-order valence-corrected chi connectivity index (χ2v) is 4.36. The van der Waals surface area contributed by atoms with Gasteiger partial charge >= 0.3 is 5.97 Å². The van der Waals surface area contributed by atoms with Crippen LogP contribution in [-0.4, -0.2) is 11.1 Å². The Hall–Kier alpha value is -1.05. The van der Waals surface area contributed by atoms with Crippen molar-refractivity contribution in [1.29, 1.82) is 0 Å². The third kappa shape index (κ3) is 11.0. The second-order valence-electron chi connectivity index (χ2n) is 4.36. The first-order chi connectivity index (χ1) is 7.66. The normalized spacial score (nSPS) is 12.8. The molecule has 0 aliphatic carbocycles. The van der Waals surface area contributed by atoms with Gasteiger partial charge in [-0.05, 0) is 18.8 Å². The molecule has 0 aromatic heterocycles. The summed E-state index contributed by atoms with van der Waals surface area (Å²) < 4.78 is 0. The minimum atomic E-state index is -0.679. The van der Waals surface area contributed by atoms with Crippen LogP contribution in [-0.2, 0) is 4.79 Å². The van der Waals surface area contributed by atoms with Crippen molar-refractivity contribution in [1.82, 2.24) is 0 Å². The molecule has 16 heavy (non-hydrogen) atoms. The third-order valence-electron chi connectivity index (χ3n) is 2.61. The van der Waals surface area contributed by atoms with Gasteiger partial charge in [-0.15, -0.1) is 0 Å². The smallest absolute Gasteiger partial charge is 0.303 e. The maximum Gasteiger partial charge on any atom is 0.303 e. The Labute approximate surface area is 99.1 Å². The van der Waals surface area contributed by atoms with E-state index in [-0.39, 0.29) is 0 Å². The predicted octanol–water partition coefficient (Wildman–Crippen LogP) is 4.18. The summed E-state index contributed by atoms with van der Waals surface area (Å²) in [6, 6.07) is 0. The van der Waals surface area contributed by atoms with Crippen molar-refractivity contribution < 1.29 is 9.90 Å². The van der Waals surface area contributed by atoms with Gasteiger partial charge in [0.1, 0.15) is 0 Å². The van der Waals surface area contributed by atoms with E-state index in [1.165, 1.54) is 19.3 Å². The van der Waals surface area contributed by atoms with Crippen LogP contribution in [0.15, 0.2) is 24.8 Å². The lowest BCUT2D eigenvalue weighted by Gasteiger charge is -2.07. The fourth-order valence-electron chi connectivity index (χ4n) is 1.70. The molecular formula is C14H24O2. The number of unbranched alkanes of at least 4 members (excludes halogenated alkanes) is 4. The molecule has 0 fully saturated rings. The number of hydrogen-bond acceptors (Lipinski definition) is 1. The van der Waals surface area contributed by atoms with Crippen LogP contribution in [0.4, 0.5) is 0 Å². The molecule has 0 rings (SSSR count). The summed E-state index contributed by atoms with van der Waals surface area (Å²) in [5.74, 6) is -0.361. The second kappa shape index (κ2) is 10.5. The van der Waals surface area contributed by atoms with Crippen LogP contribution < -0.4 is 0 Å². The zero-order chi connectivity index (χ0) is 12.2. The van der Waals surface area contributed by atoms with E-state index in [2.05, 4.69) is 12.7 Å². The summed E-state index contributed by atoms with van der Waals surface area (Å²) in [6.45, 7) is 5.63. The maximum atomic E-state index is 10.4. The summed E-state index contributed by atoms with van der Waals surface area (Å²) in [6.07, 6.45) is 13.2. The van der Waals surface area contributed by atoms with Gasteiger partial charge in [0.05, 0.1) is 0 Å². The van der Waals surface area contributed by atoms with Gasteiger partial charge in [-0.2, -0.15) is 0 Å². The van der Waals surface area contributed by atoms with Crippen LogP contribution in [0.3, 0.4) is 0 Å². The van der Waals surface area contributed by atoms with E-state index in [4.69, 9.17) is 5.11 Å². The van der Waals surface area contributed by atoms with Crippen molar-refractivity contribution in [3.05, 3.63) is 24.8 Å². The number of allylic oxidation sites excluding steroid dienone is 3. The molecule has 1 atom stereocenters. The minimum absolute atomic E-state index is 0.308. The molecular weight excluding hydrogens is 200 g/mol. The van der Waals surface area contributed by atoms with E-state index in [1.807, 2.05) is 13.0 Å². The average molecular weight is 224 g/mol. The molecule has 2 nitrogen and oxygen atoms in total. The Kier molecular flexibility index (Phi) is 9.78. The lowest BCUT2D eigenvalue weighted by molar-refractivity contribution is -0.138. The molecule has 92 valence electrons. The van der Waals surface area contributed by atoms with Crippen molar-refractivity contribution in [3.63, 3.8) is 0 Å². The number of carboxylic acid groups (broad SMARTS) is 1. The monoisotopic (exact) mass is 224 g/mol. The average Bonchev–Trinajstić information content (AvgIpc) is 2.21. The SMILES string of the molecule is C=C/C=C/CCCCCCC(C)CC(=O)O. The van der Waals surface area contributed by atoms with Gasteiger partial charge in [0.25, 0.3) is 0 Å². The number of aliphatic carboxylic acids is 1. The van der Waals surface area contributed by atoms with Gasteiger partial charge in [-0.3, -0.25) is 4.79 Å². The molecule has 0 amide bonds. The van der Waals surface area contributed by atoms with Crippen LogP contribution in [0.1, 0.15) is 51.9 Å². The van der Waals surface area contributed by atoms with Crippen LogP contribution in [0.2, 0.25) is 0 Å². The minimum Gasteiger partial charge on any atom is -0.481 e. The summed E-state index contributed by atoms with van der Waals surface area (Å²) >= 11 is 0. The molecule has 2 heteroatoms. The first kappa shape index (κ1) is 14.9. The largest absolute Gasteiger partial charge is 0.481 e. The van der Waals surface area contributed by atoms with E-state index >= 15 is 0 Å². The van der Waals surface area contributed by atoms with Gasteiger partial charge in [0, 0.05) is 6.42 Å². The number of hydrogen-bond donors (Lipinski definition) is 1. The van der Waals surface area contributed by atoms with Gasteiger partial charge in [0.15, 0.2) is 0 Å². The molecule has 0 radical (unpaired) electrons. The van der Waals surface area contributed by atoms with Crippen molar-refractivity contribution in [3.8, 4) is 0 Å². The molecule has 1 N–H and O–H groups in total. The molecule has 0 saturated carbocycles. The quantitative estimate of drug-likeness (QED) is 0.446. The molecule has 0 spiro atoms. The van der Waals surface area contributed by atoms with E-state index in [9.17, 15) is 4.79 Å². The number of carboxylic acids is 1. The van der Waals surface area contributed by atoms with E-state index in [0.29, 0.717) is 12.3 Å². The predicted molar refractivity (Wildman–Crippen MR) is 68.5 cm³/mol. The van der Waals surface area contributed by atoms with Crippen LogP contribution in [0.25, 0.3) is 0 Å². The highest BCUT2D eigenvalue weighted by molar-refractivity contribution is 5.66. The van der Waals surface area contributed by atoms with Crippen LogP contribution in [0, 0.1) is 5.92 Å². The molecule has 0 bridgehead atoms. The van der Waals surface area contributed by atoms with Crippen LogP contribution >= 0.6 is 0 Å². The summed E-state index contributed by atoms with van der Waals surface area (Å²) in [7, 11) is 0. The van der Waals surface area contributed by atoms with E-state index in [0.717, 1.165) is 19.3 Å². The first-order valence-corrected chi connectivity index (χ1v) is 6.16. The van der Waals surface area contributed by atoms with Crippen molar-refractivity contribution in [2.45, 2.75) is 51.9 Å². The fourth-order valence-corrected chi connectivity index (χ4v) is 1.70. The zero-order valence-electron chi connectivity index (χ0n) is 10.3. The standard InChI is InChI=1S/C14H24O2/c1-3-4-5-6-7-8-9-10-11-13(2)12-14(15)16/h3-5,13H,1,6-12H2,2H3,(H,15,16)/b5-4+. The molecule has 0 aliphatic rings. The Morgan fingerprint density at radius 2 is 2.00 bits per heavy atom. The van der Waals surface area contributed by atoms with Crippen molar-refractivity contribution >= 4 is 5.97 Å². The first-order valence-electron chi connectivity index (χ1n) is 6.16. The van der Waals surface area contributed by atoms with Gasteiger partial charge in [-0.1, -0.05) is 57.4 Å². The Bertz CT molecular complexity index is 219. The molecule has 0 heterocycles. The maximum absolute atomic E-state index is 10.4. The lowest BCUT2D eigenvalue weighted by atomic mass is 9.99. The van der Waals surface area contributed by atoms with Crippen molar-refractivity contribution in [2.24, 2.45) is 5.92 Å². The third-order valence-corrected chi connectivity index (χ3v) is 2.61. The van der Waals surface area contributed by atoms with Gasteiger partial charge < -0.3 is 5.11 Å². The lowest BCUT2D eigenvalue weighted by Crippen LogP contribution is -2.03. The molecule has 0 aromatic rings. The highest BCUT2D eigenvalue weighted by Crippen LogP contribution is 2.14. The highest BCUT2D eigenvalue weighted by Gasteiger charge is 2.06. The molecule has 0 saturated heterocycles. The number of carbonyl (C=O) groups is 1. The molecule has 0 aliphatic heterocycles. The zero-order valence-corrected chi connectivity index (χ0v) is 10.3. The summed E-state index contributed by atoms with van der Waals surface area (Å²) in [4.78, 5) is 10.4. The van der Waals surface area contributed by atoms with Gasteiger partial charge in [-0.25, -0.2) is 0 Å². The van der Waals surface area contributed by atoms with Crippen LogP contribution in [0.5, 0.6) is 0 Å². The summed E-state index contributed by atoms with van der Waals surface area (Å²) in [5.41, 5.74) is 0. The van der Waals surface area contributed by atoms with E-state index < -0.39 is 5.97 Å². The highest BCUT2D eigenvalue weighted by atomic mass is 16.4.